The Morgan fingerprint density at radius 2 is 2.12 bits per heavy atom. The molecule has 0 aliphatic rings. The van der Waals surface area contributed by atoms with Gasteiger partial charge in [0.05, 0.1) is 11.9 Å². The van der Waals surface area contributed by atoms with E-state index in [4.69, 9.17) is 4.52 Å². The van der Waals surface area contributed by atoms with Crippen molar-refractivity contribution in [3.63, 3.8) is 0 Å². The molecule has 0 spiro atoms. The van der Waals surface area contributed by atoms with E-state index in [1.54, 1.807) is 23.9 Å². The Balaban J connectivity index is 1.82. The van der Waals surface area contributed by atoms with Crippen molar-refractivity contribution < 1.29 is 9.32 Å². The average Bonchev–Trinajstić information content (AvgIpc) is 3.22. The Morgan fingerprint density at radius 1 is 1.33 bits per heavy atom. The van der Waals surface area contributed by atoms with Crippen LogP contribution in [0.3, 0.4) is 0 Å². The molecule has 0 saturated carbocycles. The first kappa shape index (κ1) is 15.8. The first-order valence-corrected chi connectivity index (χ1v) is 7.74. The molecule has 0 bridgehead atoms. The van der Waals surface area contributed by atoms with Crippen LogP contribution in [0.15, 0.2) is 53.3 Å². The molecule has 1 atom stereocenters. The number of nitrogens with zero attached hydrogens (tertiary/aromatic N) is 3. The van der Waals surface area contributed by atoms with E-state index in [1.165, 1.54) is 0 Å². The van der Waals surface area contributed by atoms with Crippen LogP contribution in [0.2, 0.25) is 0 Å². The Labute approximate surface area is 139 Å². The van der Waals surface area contributed by atoms with Gasteiger partial charge in [-0.05, 0) is 19.4 Å². The Morgan fingerprint density at radius 3 is 2.75 bits per heavy atom. The first-order valence-electron chi connectivity index (χ1n) is 7.74. The van der Waals surface area contributed by atoms with Gasteiger partial charge >= 0.3 is 0 Å². The van der Waals surface area contributed by atoms with E-state index in [9.17, 15) is 4.79 Å². The summed E-state index contributed by atoms with van der Waals surface area (Å²) in [6.07, 6.45) is 3.57. The molecule has 0 fully saturated rings. The van der Waals surface area contributed by atoms with E-state index < -0.39 is 6.04 Å². The Hall–Kier alpha value is -3.09. The Bertz CT molecular complexity index is 809. The number of carbonyl (C=O) groups is 1. The topological polar surface area (TPSA) is 85.0 Å². The lowest BCUT2D eigenvalue weighted by Crippen LogP contribution is -2.27. The van der Waals surface area contributed by atoms with Crippen LogP contribution in [0.1, 0.15) is 24.3 Å². The summed E-state index contributed by atoms with van der Waals surface area (Å²) < 4.78 is 6.78. The second kappa shape index (κ2) is 6.99. The van der Waals surface area contributed by atoms with Crippen LogP contribution in [-0.4, -0.2) is 20.8 Å². The fraction of sp³-hybridized carbons (Fsp3) is 0.235. The zero-order valence-corrected chi connectivity index (χ0v) is 13.6. The van der Waals surface area contributed by atoms with E-state index in [-0.39, 0.29) is 5.91 Å². The van der Waals surface area contributed by atoms with Crippen molar-refractivity contribution in [3.05, 3.63) is 60.1 Å². The van der Waals surface area contributed by atoms with Crippen molar-refractivity contribution in [2.45, 2.75) is 26.4 Å². The van der Waals surface area contributed by atoms with Crippen LogP contribution in [0, 0.1) is 6.92 Å². The molecule has 2 N–H and O–H groups in total. The summed E-state index contributed by atoms with van der Waals surface area (Å²) in [6, 6.07) is 10.6. The number of aryl methyl sites for hydroxylation is 2. The highest BCUT2D eigenvalue weighted by molar-refractivity contribution is 5.96. The lowest BCUT2D eigenvalue weighted by molar-refractivity contribution is -0.117. The molecule has 1 aromatic carbocycles. The summed E-state index contributed by atoms with van der Waals surface area (Å²) in [5, 5.41) is 14.0. The highest BCUT2D eigenvalue weighted by Crippen LogP contribution is 2.21. The predicted molar refractivity (Wildman–Crippen MR) is 90.6 cm³/mol. The SMILES string of the molecule is CCn1cc(N[C@@H](C(=O)Nc2cc(C)on2)c2ccccc2)cn1. The van der Waals surface area contributed by atoms with Gasteiger partial charge in [-0.25, -0.2) is 0 Å². The van der Waals surface area contributed by atoms with Crippen LogP contribution in [0.5, 0.6) is 0 Å². The maximum atomic E-state index is 12.7. The van der Waals surface area contributed by atoms with Crippen LogP contribution in [-0.2, 0) is 11.3 Å². The zero-order chi connectivity index (χ0) is 16.9. The standard InChI is InChI=1S/C17H19N5O2/c1-3-22-11-14(10-18-22)19-16(13-7-5-4-6-8-13)17(23)20-15-9-12(2)24-21-15/h4-11,16,19H,3H2,1-2H3,(H,20,21,23)/t16-/m1/s1. The summed E-state index contributed by atoms with van der Waals surface area (Å²) in [7, 11) is 0. The third-order valence-electron chi connectivity index (χ3n) is 3.54. The molecule has 0 aliphatic heterocycles. The summed E-state index contributed by atoms with van der Waals surface area (Å²) in [5.41, 5.74) is 1.62. The number of anilines is 2. The molecule has 1 amide bonds. The largest absolute Gasteiger partial charge is 0.368 e. The van der Waals surface area contributed by atoms with Crippen LogP contribution in [0.4, 0.5) is 11.5 Å². The minimum Gasteiger partial charge on any atom is -0.368 e. The van der Waals surface area contributed by atoms with Gasteiger partial charge in [-0.15, -0.1) is 0 Å². The molecular weight excluding hydrogens is 306 g/mol. The van der Waals surface area contributed by atoms with E-state index in [2.05, 4.69) is 20.9 Å². The van der Waals surface area contributed by atoms with E-state index in [1.807, 2.05) is 43.5 Å². The monoisotopic (exact) mass is 325 g/mol. The van der Waals surface area contributed by atoms with Gasteiger partial charge in [0.15, 0.2) is 5.82 Å². The summed E-state index contributed by atoms with van der Waals surface area (Å²) in [6.45, 7) is 4.54. The molecule has 2 aromatic heterocycles. The van der Waals surface area contributed by atoms with Crippen molar-refractivity contribution in [2.75, 3.05) is 10.6 Å². The molecule has 124 valence electrons. The molecule has 3 rings (SSSR count). The van der Waals surface area contributed by atoms with Crippen molar-refractivity contribution >= 4 is 17.4 Å². The van der Waals surface area contributed by atoms with Crippen molar-refractivity contribution in [2.24, 2.45) is 0 Å². The molecule has 3 aromatic rings. The molecule has 24 heavy (non-hydrogen) atoms. The average molecular weight is 325 g/mol. The molecule has 0 aliphatic carbocycles. The summed E-state index contributed by atoms with van der Waals surface area (Å²) >= 11 is 0. The molecule has 0 radical (unpaired) electrons. The minimum atomic E-state index is -0.572. The third-order valence-corrected chi connectivity index (χ3v) is 3.54. The minimum absolute atomic E-state index is 0.223. The van der Waals surface area contributed by atoms with Crippen LogP contribution >= 0.6 is 0 Å². The van der Waals surface area contributed by atoms with E-state index in [0.717, 1.165) is 17.8 Å². The number of aromatic nitrogens is 3. The van der Waals surface area contributed by atoms with Gasteiger partial charge in [-0.3, -0.25) is 9.48 Å². The number of hydrogen-bond acceptors (Lipinski definition) is 5. The number of hydrogen-bond donors (Lipinski definition) is 2. The molecular formula is C17H19N5O2. The van der Waals surface area contributed by atoms with Gasteiger partial charge < -0.3 is 15.2 Å². The normalized spacial score (nSPS) is 11.9. The maximum absolute atomic E-state index is 12.7. The summed E-state index contributed by atoms with van der Waals surface area (Å²) in [5.74, 6) is 0.807. The highest BCUT2D eigenvalue weighted by Gasteiger charge is 2.22. The van der Waals surface area contributed by atoms with Crippen molar-refractivity contribution in [1.82, 2.24) is 14.9 Å². The zero-order valence-electron chi connectivity index (χ0n) is 13.6. The predicted octanol–water partition coefficient (Wildman–Crippen LogP) is 2.99. The van der Waals surface area contributed by atoms with E-state index >= 15 is 0 Å². The molecule has 7 heteroatoms. The number of amides is 1. The molecule has 0 saturated heterocycles. The number of carbonyl (C=O) groups excluding carboxylic acids is 1. The first-order chi connectivity index (χ1) is 11.7. The van der Waals surface area contributed by atoms with Crippen LogP contribution in [0.25, 0.3) is 0 Å². The van der Waals surface area contributed by atoms with Crippen LogP contribution < -0.4 is 10.6 Å². The second-order valence-corrected chi connectivity index (χ2v) is 5.38. The van der Waals surface area contributed by atoms with Crippen molar-refractivity contribution in [1.29, 1.82) is 0 Å². The van der Waals surface area contributed by atoms with Gasteiger partial charge in [0.1, 0.15) is 11.8 Å². The van der Waals surface area contributed by atoms with Gasteiger partial charge in [0.25, 0.3) is 5.91 Å². The molecule has 0 unspecified atom stereocenters. The lowest BCUT2D eigenvalue weighted by atomic mass is 10.1. The molecule has 7 nitrogen and oxygen atoms in total. The smallest absolute Gasteiger partial charge is 0.252 e. The van der Waals surface area contributed by atoms with Gasteiger partial charge in [0, 0.05) is 18.8 Å². The fourth-order valence-electron chi connectivity index (χ4n) is 2.35. The molecule has 2 heterocycles. The maximum Gasteiger partial charge on any atom is 0.252 e. The summed E-state index contributed by atoms with van der Waals surface area (Å²) in [4.78, 5) is 12.7. The second-order valence-electron chi connectivity index (χ2n) is 5.38. The van der Waals surface area contributed by atoms with Crippen molar-refractivity contribution in [3.8, 4) is 0 Å². The Kier molecular flexibility index (Phi) is 4.60. The number of nitrogens with one attached hydrogen (secondary N) is 2. The van der Waals surface area contributed by atoms with Gasteiger partial charge in [-0.2, -0.15) is 5.10 Å². The highest BCUT2D eigenvalue weighted by atomic mass is 16.5. The fourth-order valence-corrected chi connectivity index (χ4v) is 2.35. The quantitative estimate of drug-likeness (QED) is 0.728. The third kappa shape index (κ3) is 3.62. The lowest BCUT2D eigenvalue weighted by Gasteiger charge is -2.18. The van der Waals surface area contributed by atoms with Gasteiger partial charge in [0.2, 0.25) is 0 Å². The number of rotatable bonds is 6. The van der Waals surface area contributed by atoms with E-state index in [0.29, 0.717) is 11.6 Å². The van der Waals surface area contributed by atoms with Gasteiger partial charge in [-0.1, -0.05) is 35.5 Å². The number of benzene rings is 1.